The Labute approximate surface area is 223 Å². The van der Waals surface area contributed by atoms with E-state index in [-0.39, 0.29) is 29.6 Å². The molecule has 1 amide bonds. The van der Waals surface area contributed by atoms with Crippen LogP contribution in [0.1, 0.15) is 94.8 Å². The van der Waals surface area contributed by atoms with Gasteiger partial charge in [-0.3, -0.25) is 14.3 Å². The number of nitrogens with zero attached hydrogens (tertiary/aromatic N) is 3. The fourth-order valence-corrected chi connectivity index (χ4v) is 8.42. The monoisotopic (exact) mass is 515 g/mol. The molecular weight excluding hydrogens is 466 g/mol. The lowest BCUT2D eigenvalue weighted by Gasteiger charge is -2.52. The molecule has 0 radical (unpaired) electrons. The summed E-state index contributed by atoms with van der Waals surface area (Å²) in [6.07, 6.45) is 15.1. The molecule has 37 heavy (non-hydrogen) atoms. The minimum absolute atomic E-state index is 0.0679. The number of carbonyl (C=O) groups is 2. The highest BCUT2D eigenvalue weighted by Gasteiger charge is 2.56. The lowest BCUT2D eigenvalue weighted by Crippen LogP contribution is -2.46. The Morgan fingerprint density at radius 3 is 2.73 bits per heavy atom. The number of carbonyl (C=O) groups excluding carboxylic acids is 2. The van der Waals surface area contributed by atoms with Gasteiger partial charge < -0.3 is 14.7 Å². The molecule has 1 aromatic rings. The molecule has 7 atom stereocenters. The van der Waals surface area contributed by atoms with Crippen LogP contribution in [-0.2, 0) is 16.1 Å². The van der Waals surface area contributed by atoms with Gasteiger partial charge in [0, 0.05) is 33.3 Å². The van der Waals surface area contributed by atoms with Crippen molar-refractivity contribution in [2.24, 2.45) is 35.0 Å². The fraction of sp³-hybridized carbons (Fsp3) is 0.833. The molecule has 0 spiro atoms. The molecule has 0 aromatic carbocycles. The van der Waals surface area contributed by atoms with Crippen molar-refractivity contribution in [2.45, 2.75) is 96.6 Å². The second-order valence-corrected chi connectivity index (χ2v) is 12.9. The van der Waals surface area contributed by atoms with Crippen molar-refractivity contribution >= 4 is 11.7 Å². The van der Waals surface area contributed by atoms with E-state index in [1.165, 1.54) is 30.6 Å². The zero-order valence-corrected chi connectivity index (χ0v) is 23.7. The third-order valence-electron chi connectivity index (χ3n) is 10.2. The van der Waals surface area contributed by atoms with Crippen molar-refractivity contribution < 1.29 is 19.4 Å². The first-order chi connectivity index (χ1) is 17.6. The minimum Gasteiger partial charge on any atom is -0.387 e. The molecule has 4 rings (SSSR count). The molecule has 0 bridgehead atoms. The number of ether oxygens (including phenoxy) is 1. The Bertz CT molecular complexity index is 945. The SMILES string of the molecule is CCCC[C@](O)(COC)C[C@@H]1CC[C@@H]2[C@H](CC[C@]3(C)[C@@H](C(=O)Cn4cc(C(=O)N(C)C)cn4)CC[C@@H]23)C1. The van der Waals surface area contributed by atoms with Gasteiger partial charge in [-0.25, -0.2) is 0 Å². The van der Waals surface area contributed by atoms with Crippen LogP contribution >= 0.6 is 0 Å². The summed E-state index contributed by atoms with van der Waals surface area (Å²) in [5.41, 5.74) is -0.101. The van der Waals surface area contributed by atoms with Crippen molar-refractivity contribution in [3.63, 3.8) is 0 Å². The second kappa shape index (κ2) is 11.6. The van der Waals surface area contributed by atoms with Crippen LogP contribution in [0.5, 0.6) is 0 Å². The molecule has 3 aliphatic rings. The predicted molar refractivity (Wildman–Crippen MR) is 144 cm³/mol. The zero-order chi connectivity index (χ0) is 26.8. The Kier molecular flexibility index (Phi) is 8.84. The van der Waals surface area contributed by atoms with Crippen LogP contribution in [0.15, 0.2) is 12.4 Å². The molecule has 3 fully saturated rings. The highest BCUT2D eigenvalue weighted by atomic mass is 16.5. The molecule has 208 valence electrons. The molecule has 7 heteroatoms. The first-order valence-corrected chi connectivity index (χ1v) is 14.6. The number of amides is 1. The summed E-state index contributed by atoms with van der Waals surface area (Å²) in [7, 11) is 5.14. The highest BCUT2D eigenvalue weighted by Crippen LogP contribution is 2.62. The molecule has 1 heterocycles. The second-order valence-electron chi connectivity index (χ2n) is 12.9. The summed E-state index contributed by atoms with van der Waals surface area (Å²) in [6, 6.07) is 0. The van der Waals surface area contributed by atoms with E-state index in [9.17, 15) is 14.7 Å². The van der Waals surface area contributed by atoms with E-state index < -0.39 is 5.60 Å². The van der Waals surface area contributed by atoms with Crippen molar-refractivity contribution in [3.8, 4) is 0 Å². The smallest absolute Gasteiger partial charge is 0.256 e. The van der Waals surface area contributed by atoms with Gasteiger partial charge in [-0.05, 0) is 80.5 Å². The summed E-state index contributed by atoms with van der Waals surface area (Å²) in [6.45, 7) is 5.24. The van der Waals surface area contributed by atoms with Crippen LogP contribution in [0.3, 0.4) is 0 Å². The molecule has 1 N–H and O–H groups in total. The number of aliphatic hydroxyl groups is 1. The van der Waals surface area contributed by atoms with Crippen LogP contribution in [0, 0.1) is 35.0 Å². The quantitative estimate of drug-likeness (QED) is 0.450. The standard InChI is InChI=1S/C30H49N3O4/c1-6-7-13-30(36,20-37-5)16-21-8-9-24-22(15-21)12-14-29(2)25(24)10-11-26(29)27(34)19-33-18-23(17-31-33)28(35)32(3)4/h17-18,21-22,24-26,36H,6-16,19-20H2,1-5H3/t21-,22-,24-,25+,26-,29+,30-/m1/s1. The normalized spacial score (nSPS) is 32.9. The molecular formula is C30H49N3O4. The van der Waals surface area contributed by atoms with E-state index in [2.05, 4.69) is 18.9 Å². The summed E-state index contributed by atoms with van der Waals surface area (Å²) in [4.78, 5) is 27.3. The van der Waals surface area contributed by atoms with Gasteiger partial charge in [-0.1, -0.05) is 33.1 Å². The number of hydrogen-bond acceptors (Lipinski definition) is 5. The Balaban J connectivity index is 1.37. The first kappa shape index (κ1) is 28.3. The van der Waals surface area contributed by atoms with E-state index in [1.807, 2.05) is 0 Å². The van der Waals surface area contributed by atoms with Crippen LogP contribution in [-0.4, -0.2) is 64.9 Å². The van der Waals surface area contributed by atoms with Gasteiger partial charge in [-0.15, -0.1) is 0 Å². The van der Waals surface area contributed by atoms with Gasteiger partial charge in [0.25, 0.3) is 5.91 Å². The van der Waals surface area contributed by atoms with Crippen LogP contribution in [0.4, 0.5) is 0 Å². The number of hydrogen-bond donors (Lipinski definition) is 1. The van der Waals surface area contributed by atoms with Crippen molar-refractivity contribution in [2.75, 3.05) is 27.8 Å². The van der Waals surface area contributed by atoms with Gasteiger partial charge in [0.05, 0.1) is 30.5 Å². The summed E-state index contributed by atoms with van der Waals surface area (Å²) < 4.78 is 7.06. The van der Waals surface area contributed by atoms with Gasteiger partial charge in [0.2, 0.25) is 0 Å². The van der Waals surface area contributed by atoms with Crippen molar-refractivity contribution in [1.82, 2.24) is 14.7 Å². The topological polar surface area (TPSA) is 84.7 Å². The van der Waals surface area contributed by atoms with Crippen LogP contribution in [0.25, 0.3) is 0 Å². The average molecular weight is 516 g/mol. The molecule has 7 nitrogen and oxygen atoms in total. The molecule has 1 aromatic heterocycles. The van der Waals surface area contributed by atoms with Gasteiger partial charge in [0.15, 0.2) is 5.78 Å². The number of methoxy groups -OCH3 is 1. The van der Waals surface area contributed by atoms with Gasteiger partial charge in [0.1, 0.15) is 0 Å². The Morgan fingerprint density at radius 2 is 2.03 bits per heavy atom. The van der Waals surface area contributed by atoms with Crippen molar-refractivity contribution in [3.05, 3.63) is 18.0 Å². The number of Topliss-reactive ketones (excluding diaryl/α,β-unsaturated/α-hetero) is 1. The van der Waals surface area contributed by atoms with E-state index >= 15 is 0 Å². The summed E-state index contributed by atoms with van der Waals surface area (Å²) in [5.74, 6) is 2.86. The van der Waals surface area contributed by atoms with E-state index in [1.54, 1.807) is 38.3 Å². The molecule has 0 unspecified atom stereocenters. The Morgan fingerprint density at radius 1 is 1.24 bits per heavy atom. The van der Waals surface area contributed by atoms with E-state index in [4.69, 9.17) is 4.74 Å². The summed E-state index contributed by atoms with van der Waals surface area (Å²) in [5, 5.41) is 15.6. The maximum atomic E-state index is 13.5. The van der Waals surface area contributed by atoms with E-state index in [0.29, 0.717) is 29.9 Å². The fourth-order valence-electron chi connectivity index (χ4n) is 8.42. The molecule has 0 aliphatic heterocycles. The predicted octanol–water partition coefficient (Wildman–Crippen LogP) is 4.97. The molecule has 3 aliphatic carbocycles. The van der Waals surface area contributed by atoms with E-state index in [0.717, 1.165) is 50.9 Å². The number of rotatable bonds is 11. The lowest BCUT2D eigenvalue weighted by molar-refractivity contribution is -0.130. The number of ketones is 1. The van der Waals surface area contributed by atoms with Gasteiger partial charge in [-0.2, -0.15) is 5.10 Å². The third kappa shape index (κ3) is 5.98. The average Bonchev–Trinajstić information content (AvgIpc) is 3.46. The molecule has 3 saturated carbocycles. The molecule has 0 saturated heterocycles. The number of unbranched alkanes of at least 4 members (excludes halogenated alkanes) is 1. The minimum atomic E-state index is -0.695. The summed E-state index contributed by atoms with van der Waals surface area (Å²) >= 11 is 0. The largest absolute Gasteiger partial charge is 0.387 e. The van der Waals surface area contributed by atoms with Crippen LogP contribution in [0.2, 0.25) is 0 Å². The Hall–Kier alpha value is -1.73. The highest BCUT2D eigenvalue weighted by molar-refractivity contribution is 5.93. The first-order valence-electron chi connectivity index (χ1n) is 14.6. The lowest BCUT2D eigenvalue weighted by atomic mass is 9.53. The zero-order valence-electron chi connectivity index (χ0n) is 23.7. The maximum Gasteiger partial charge on any atom is 0.256 e. The third-order valence-corrected chi connectivity index (χ3v) is 10.2. The maximum absolute atomic E-state index is 13.5. The van der Waals surface area contributed by atoms with Crippen LogP contribution < -0.4 is 0 Å². The van der Waals surface area contributed by atoms with Crippen molar-refractivity contribution in [1.29, 1.82) is 0 Å². The number of aromatic nitrogens is 2. The number of fused-ring (bicyclic) bond motifs is 3. The van der Waals surface area contributed by atoms with Gasteiger partial charge >= 0.3 is 0 Å².